The van der Waals surface area contributed by atoms with E-state index < -0.39 is 0 Å². The van der Waals surface area contributed by atoms with Gasteiger partial charge in [0.15, 0.2) is 0 Å². The Hall–Kier alpha value is -1.67. The Kier molecular flexibility index (Phi) is 3.67. The van der Waals surface area contributed by atoms with Crippen LogP contribution in [0.25, 0.3) is 0 Å². The van der Waals surface area contributed by atoms with E-state index in [2.05, 4.69) is 29.2 Å². The molecule has 1 aromatic heterocycles. The molecule has 0 saturated heterocycles. The number of nitrogens with two attached hydrogens (primary N) is 1. The molecule has 1 atom stereocenters. The normalized spacial score (nSPS) is 12.3. The van der Waals surface area contributed by atoms with Crippen molar-refractivity contribution in [1.82, 2.24) is 4.98 Å². The molecular formula is C14H16N2. The predicted octanol–water partition coefficient (Wildman–Crippen LogP) is 2.71. The second-order valence-corrected chi connectivity index (χ2v) is 3.89. The molecule has 2 N–H and O–H groups in total. The van der Waals surface area contributed by atoms with Crippen LogP contribution in [0.5, 0.6) is 0 Å². The average Bonchev–Trinajstić information content (AvgIpc) is 2.38. The fourth-order valence-corrected chi connectivity index (χ4v) is 1.71. The first-order chi connectivity index (χ1) is 7.86. The summed E-state index contributed by atoms with van der Waals surface area (Å²) in [6.45, 7) is 0. The third-order valence-electron chi connectivity index (χ3n) is 2.65. The van der Waals surface area contributed by atoms with Crippen LogP contribution in [0.1, 0.15) is 23.7 Å². The van der Waals surface area contributed by atoms with Gasteiger partial charge in [0.2, 0.25) is 0 Å². The Morgan fingerprint density at radius 2 is 1.75 bits per heavy atom. The lowest BCUT2D eigenvalue weighted by atomic mass is 10.0. The number of pyridine rings is 1. The van der Waals surface area contributed by atoms with Crippen molar-refractivity contribution in [1.29, 1.82) is 0 Å². The molecule has 2 nitrogen and oxygen atoms in total. The molecule has 0 bridgehead atoms. The Labute approximate surface area is 96.1 Å². The standard InChI is InChI=1S/C14H16N2/c15-13(14-8-4-5-11-16-14)10-9-12-6-2-1-3-7-12/h1-8,11,13H,9-10,15H2/t13-/m1/s1. The van der Waals surface area contributed by atoms with E-state index in [-0.39, 0.29) is 6.04 Å². The van der Waals surface area contributed by atoms with E-state index in [0.29, 0.717) is 0 Å². The smallest absolute Gasteiger partial charge is 0.0571 e. The third-order valence-corrected chi connectivity index (χ3v) is 2.65. The Bertz CT molecular complexity index is 411. The first-order valence-electron chi connectivity index (χ1n) is 5.56. The summed E-state index contributed by atoms with van der Waals surface area (Å²) >= 11 is 0. The van der Waals surface area contributed by atoms with Crippen molar-refractivity contribution in [3.8, 4) is 0 Å². The zero-order chi connectivity index (χ0) is 11.2. The zero-order valence-corrected chi connectivity index (χ0v) is 9.21. The maximum absolute atomic E-state index is 6.08. The fourth-order valence-electron chi connectivity index (χ4n) is 1.71. The minimum atomic E-state index is 0.0291. The van der Waals surface area contributed by atoms with Crippen molar-refractivity contribution < 1.29 is 0 Å². The van der Waals surface area contributed by atoms with Crippen LogP contribution in [0.4, 0.5) is 0 Å². The van der Waals surface area contributed by atoms with Gasteiger partial charge in [0, 0.05) is 12.2 Å². The van der Waals surface area contributed by atoms with Crippen LogP contribution < -0.4 is 5.73 Å². The van der Waals surface area contributed by atoms with Crippen LogP contribution in [0.3, 0.4) is 0 Å². The highest BCUT2D eigenvalue weighted by atomic mass is 14.8. The number of aromatic nitrogens is 1. The lowest BCUT2D eigenvalue weighted by Gasteiger charge is -2.10. The largest absolute Gasteiger partial charge is 0.323 e. The van der Waals surface area contributed by atoms with Crippen molar-refractivity contribution >= 4 is 0 Å². The topological polar surface area (TPSA) is 38.9 Å². The van der Waals surface area contributed by atoms with Gasteiger partial charge in [0.1, 0.15) is 0 Å². The summed E-state index contributed by atoms with van der Waals surface area (Å²) in [5, 5.41) is 0. The molecule has 0 aliphatic carbocycles. The van der Waals surface area contributed by atoms with Gasteiger partial charge in [-0.05, 0) is 30.5 Å². The molecule has 0 unspecified atom stereocenters. The second-order valence-electron chi connectivity index (χ2n) is 3.89. The molecule has 1 heterocycles. The molecule has 16 heavy (non-hydrogen) atoms. The SMILES string of the molecule is N[C@H](CCc1ccccc1)c1ccccn1. The number of hydrogen-bond donors (Lipinski definition) is 1. The quantitative estimate of drug-likeness (QED) is 0.846. The highest BCUT2D eigenvalue weighted by Crippen LogP contribution is 2.14. The highest BCUT2D eigenvalue weighted by molar-refractivity contribution is 5.16. The lowest BCUT2D eigenvalue weighted by molar-refractivity contribution is 0.633. The van der Waals surface area contributed by atoms with Gasteiger partial charge in [0.25, 0.3) is 0 Å². The van der Waals surface area contributed by atoms with Crippen molar-refractivity contribution in [3.63, 3.8) is 0 Å². The molecule has 2 rings (SSSR count). The first kappa shape index (κ1) is 10.8. The Morgan fingerprint density at radius 1 is 1.00 bits per heavy atom. The van der Waals surface area contributed by atoms with E-state index in [1.807, 2.05) is 24.3 Å². The van der Waals surface area contributed by atoms with Gasteiger partial charge >= 0.3 is 0 Å². The van der Waals surface area contributed by atoms with E-state index in [4.69, 9.17) is 5.73 Å². The number of benzene rings is 1. The van der Waals surface area contributed by atoms with Gasteiger partial charge in [-0.15, -0.1) is 0 Å². The summed E-state index contributed by atoms with van der Waals surface area (Å²) in [5.74, 6) is 0. The van der Waals surface area contributed by atoms with E-state index >= 15 is 0 Å². The predicted molar refractivity (Wildman–Crippen MR) is 65.9 cm³/mol. The van der Waals surface area contributed by atoms with Crippen molar-refractivity contribution in [2.75, 3.05) is 0 Å². The van der Waals surface area contributed by atoms with Crippen molar-refractivity contribution in [2.24, 2.45) is 5.73 Å². The molecule has 82 valence electrons. The van der Waals surface area contributed by atoms with Gasteiger partial charge < -0.3 is 5.73 Å². The molecule has 0 saturated carbocycles. The third kappa shape index (κ3) is 2.91. The molecule has 2 aromatic rings. The summed E-state index contributed by atoms with van der Waals surface area (Å²) in [7, 11) is 0. The minimum absolute atomic E-state index is 0.0291. The molecule has 0 spiro atoms. The highest BCUT2D eigenvalue weighted by Gasteiger charge is 2.06. The summed E-state index contributed by atoms with van der Waals surface area (Å²) in [6, 6.07) is 16.3. The number of nitrogens with zero attached hydrogens (tertiary/aromatic N) is 1. The molecule has 2 heteroatoms. The van der Waals surface area contributed by atoms with Crippen LogP contribution in [-0.4, -0.2) is 4.98 Å². The van der Waals surface area contributed by atoms with Gasteiger partial charge in [-0.2, -0.15) is 0 Å². The zero-order valence-electron chi connectivity index (χ0n) is 9.21. The van der Waals surface area contributed by atoms with Crippen LogP contribution >= 0.6 is 0 Å². The summed E-state index contributed by atoms with van der Waals surface area (Å²) in [4.78, 5) is 4.27. The molecule has 0 aliphatic heterocycles. The van der Waals surface area contributed by atoms with Crippen molar-refractivity contribution in [3.05, 3.63) is 66.0 Å². The molecule has 0 radical (unpaired) electrons. The van der Waals surface area contributed by atoms with Crippen LogP contribution in [0, 0.1) is 0 Å². The molecule has 0 fully saturated rings. The van der Waals surface area contributed by atoms with Gasteiger partial charge in [0.05, 0.1) is 5.69 Å². The Balaban J connectivity index is 1.92. The van der Waals surface area contributed by atoms with E-state index in [1.165, 1.54) is 5.56 Å². The van der Waals surface area contributed by atoms with Crippen LogP contribution in [-0.2, 0) is 6.42 Å². The van der Waals surface area contributed by atoms with Crippen molar-refractivity contribution in [2.45, 2.75) is 18.9 Å². The van der Waals surface area contributed by atoms with Gasteiger partial charge in [-0.25, -0.2) is 0 Å². The maximum Gasteiger partial charge on any atom is 0.0571 e. The molecule has 1 aromatic carbocycles. The minimum Gasteiger partial charge on any atom is -0.323 e. The fraction of sp³-hybridized carbons (Fsp3) is 0.214. The number of rotatable bonds is 4. The summed E-state index contributed by atoms with van der Waals surface area (Å²) in [6.07, 6.45) is 3.72. The van der Waals surface area contributed by atoms with E-state index in [0.717, 1.165) is 18.5 Å². The second kappa shape index (κ2) is 5.42. The summed E-state index contributed by atoms with van der Waals surface area (Å²) in [5.41, 5.74) is 8.38. The van der Waals surface area contributed by atoms with Gasteiger partial charge in [-0.1, -0.05) is 36.4 Å². The first-order valence-corrected chi connectivity index (χ1v) is 5.56. The van der Waals surface area contributed by atoms with Crippen LogP contribution in [0.2, 0.25) is 0 Å². The van der Waals surface area contributed by atoms with Crippen LogP contribution in [0.15, 0.2) is 54.7 Å². The molecular weight excluding hydrogens is 196 g/mol. The maximum atomic E-state index is 6.08. The van der Waals surface area contributed by atoms with E-state index in [9.17, 15) is 0 Å². The molecule has 0 aliphatic rings. The monoisotopic (exact) mass is 212 g/mol. The summed E-state index contributed by atoms with van der Waals surface area (Å²) < 4.78 is 0. The number of aryl methyl sites for hydroxylation is 1. The average molecular weight is 212 g/mol. The molecule has 0 amide bonds. The lowest BCUT2D eigenvalue weighted by Crippen LogP contribution is -2.12. The van der Waals surface area contributed by atoms with Gasteiger partial charge in [-0.3, -0.25) is 4.98 Å². The Morgan fingerprint density at radius 3 is 2.44 bits per heavy atom. The van der Waals surface area contributed by atoms with E-state index in [1.54, 1.807) is 6.20 Å². The number of hydrogen-bond acceptors (Lipinski definition) is 2.